The SMILES string of the molecule is CC1(C)C(=O)CC1c1ccc(Cl)c(Cl)c1. The molecule has 0 amide bonds. The van der Waals surface area contributed by atoms with Gasteiger partial charge in [0.25, 0.3) is 0 Å². The Kier molecular flexibility index (Phi) is 2.56. The van der Waals surface area contributed by atoms with Crippen LogP contribution >= 0.6 is 23.2 Å². The largest absolute Gasteiger partial charge is 0.299 e. The first-order valence-electron chi connectivity index (χ1n) is 4.91. The molecule has 1 fully saturated rings. The van der Waals surface area contributed by atoms with E-state index in [1.165, 1.54) is 0 Å². The van der Waals surface area contributed by atoms with Crippen LogP contribution in [0.3, 0.4) is 0 Å². The van der Waals surface area contributed by atoms with E-state index in [1.807, 2.05) is 26.0 Å². The summed E-state index contributed by atoms with van der Waals surface area (Å²) in [4.78, 5) is 11.4. The number of benzene rings is 1. The Morgan fingerprint density at radius 1 is 1.27 bits per heavy atom. The fraction of sp³-hybridized carbons (Fsp3) is 0.417. The van der Waals surface area contributed by atoms with Crippen molar-refractivity contribution in [1.29, 1.82) is 0 Å². The van der Waals surface area contributed by atoms with Gasteiger partial charge in [-0.15, -0.1) is 0 Å². The quantitative estimate of drug-likeness (QED) is 0.726. The Labute approximate surface area is 99.4 Å². The smallest absolute Gasteiger partial charge is 0.139 e. The Balaban J connectivity index is 2.32. The van der Waals surface area contributed by atoms with Crippen LogP contribution in [0, 0.1) is 5.41 Å². The third-order valence-electron chi connectivity index (χ3n) is 3.33. The first kappa shape index (κ1) is 11.0. The molecule has 0 aromatic heterocycles. The number of halogens is 2. The van der Waals surface area contributed by atoms with Crippen molar-refractivity contribution in [2.24, 2.45) is 5.41 Å². The molecule has 80 valence electrons. The Morgan fingerprint density at radius 3 is 2.40 bits per heavy atom. The lowest BCUT2D eigenvalue weighted by atomic mass is 9.59. The minimum Gasteiger partial charge on any atom is -0.299 e. The zero-order chi connectivity index (χ0) is 11.2. The number of ketones is 1. The van der Waals surface area contributed by atoms with Crippen LogP contribution in [0.15, 0.2) is 18.2 Å². The molecule has 3 heteroatoms. The molecular formula is C12H12Cl2O. The van der Waals surface area contributed by atoms with E-state index in [4.69, 9.17) is 23.2 Å². The van der Waals surface area contributed by atoms with Crippen LogP contribution in [0.4, 0.5) is 0 Å². The van der Waals surface area contributed by atoms with Crippen LogP contribution in [0.1, 0.15) is 31.7 Å². The van der Waals surface area contributed by atoms with Gasteiger partial charge in [-0.05, 0) is 17.7 Å². The molecule has 0 heterocycles. The van der Waals surface area contributed by atoms with Crippen LogP contribution in [0.2, 0.25) is 10.0 Å². The highest BCUT2D eigenvalue weighted by Gasteiger charge is 2.47. The Morgan fingerprint density at radius 2 is 1.93 bits per heavy atom. The highest BCUT2D eigenvalue weighted by molar-refractivity contribution is 6.42. The molecule has 1 aromatic rings. The molecule has 0 aliphatic heterocycles. The molecule has 2 rings (SSSR count). The second-order valence-electron chi connectivity index (χ2n) is 4.58. The molecule has 1 aliphatic rings. The predicted octanol–water partition coefficient (Wildman–Crippen LogP) is 4.08. The zero-order valence-corrected chi connectivity index (χ0v) is 10.2. The zero-order valence-electron chi connectivity index (χ0n) is 8.68. The second kappa shape index (κ2) is 3.50. The minimum atomic E-state index is -0.253. The number of carbonyl (C=O) groups excluding carboxylic acids is 1. The van der Waals surface area contributed by atoms with E-state index in [1.54, 1.807) is 6.07 Å². The van der Waals surface area contributed by atoms with Gasteiger partial charge in [-0.1, -0.05) is 43.1 Å². The lowest BCUT2D eigenvalue weighted by Gasteiger charge is -2.43. The van der Waals surface area contributed by atoms with E-state index in [0.29, 0.717) is 22.2 Å². The van der Waals surface area contributed by atoms with Gasteiger partial charge in [0.1, 0.15) is 5.78 Å². The average Bonchev–Trinajstić information content (AvgIpc) is 2.19. The van der Waals surface area contributed by atoms with Crippen molar-refractivity contribution in [1.82, 2.24) is 0 Å². The van der Waals surface area contributed by atoms with E-state index < -0.39 is 0 Å². The maximum absolute atomic E-state index is 11.4. The molecular weight excluding hydrogens is 231 g/mol. The summed E-state index contributed by atoms with van der Waals surface area (Å²) >= 11 is 11.8. The maximum atomic E-state index is 11.4. The standard InChI is InChI=1S/C12H12Cl2O/c1-12(2)8(6-11(12)15)7-3-4-9(13)10(14)5-7/h3-5,8H,6H2,1-2H3. The summed E-state index contributed by atoms with van der Waals surface area (Å²) < 4.78 is 0. The van der Waals surface area contributed by atoms with Gasteiger partial charge in [-0.2, -0.15) is 0 Å². The van der Waals surface area contributed by atoms with Crippen LogP contribution in [0.5, 0.6) is 0 Å². The summed E-state index contributed by atoms with van der Waals surface area (Å²) in [6.07, 6.45) is 0.616. The van der Waals surface area contributed by atoms with Crippen LogP contribution in [-0.4, -0.2) is 5.78 Å². The van der Waals surface area contributed by atoms with Gasteiger partial charge >= 0.3 is 0 Å². The molecule has 1 saturated carbocycles. The number of hydrogen-bond donors (Lipinski definition) is 0. The minimum absolute atomic E-state index is 0.253. The van der Waals surface area contributed by atoms with Gasteiger partial charge < -0.3 is 0 Å². The molecule has 1 aromatic carbocycles. The molecule has 0 bridgehead atoms. The van der Waals surface area contributed by atoms with Gasteiger partial charge in [0.2, 0.25) is 0 Å². The summed E-state index contributed by atoms with van der Waals surface area (Å²) in [6, 6.07) is 5.61. The number of hydrogen-bond acceptors (Lipinski definition) is 1. The van der Waals surface area contributed by atoms with Crippen molar-refractivity contribution >= 4 is 29.0 Å². The normalized spacial score (nSPS) is 23.7. The van der Waals surface area contributed by atoms with Crippen LogP contribution in [-0.2, 0) is 4.79 Å². The van der Waals surface area contributed by atoms with Crippen molar-refractivity contribution in [2.75, 3.05) is 0 Å². The first-order valence-corrected chi connectivity index (χ1v) is 5.67. The predicted molar refractivity (Wildman–Crippen MR) is 62.6 cm³/mol. The molecule has 0 N–H and O–H groups in total. The number of Topliss-reactive ketones (excluding diaryl/α,β-unsaturated/α-hetero) is 1. The lowest BCUT2D eigenvalue weighted by Crippen LogP contribution is -2.43. The van der Waals surface area contributed by atoms with Gasteiger partial charge in [0, 0.05) is 17.8 Å². The van der Waals surface area contributed by atoms with Crippen LogP contribution in [0.25, 0.3) is 0 Å². The molecule has 1 atom stereocenters. The molecule has 1 unspecified atom stereocenters. The number of rotatable bonds is 1. The van der Waals surface area contributed by atoms with Crippen molar-refractivity contribution in [2.45, 2.75) is 26.2 Å². The lowest BCUT2D eigenvalue weighted by molar-refractivity contribution is -0.137. The van der Waals surface area contributed by atoms with E-state index in [-0.39, 0.29) is 11.3 Å². The van der Waals surface area contributed by atoms with E-state index in [2.05, 4.69) is 0 Å². The summed E-state index contributed by atoms with van der Waals surface area (Å²) in [5.41, 5.74) is 0.853. The third-order valence-corrected chi connectivity index (χ3v) is 4.06. The average molecular weight is 243 g/mol. The maximum Gasteiger partial charge on any atom is 0.139 e. The fourth-order valence-corrected chi connectivity index (χ4v) is 2.34. The number of carbonyl (C=O) groups is 1. The summed E-state index contributed by atoms with van der Waals surface area (Å²) in [6.45, 7) is 3.96. The van der Waals surface area contributed by atoms with Gasteiger partial charge in [0.15, 0.2) is 0 Å². The summed E-state index contributed by atoms with van der Waals surface area (Å²) in [5.74, 6) is 0.596. The highest BCUT2D eigenvalue weighted by Crippen LogP contribution is 2.49. The summed E-state index contributed by atoms with van der Waals surface area (Å²) in [5, 5.41) is 1.12. The van der Waals surface area contributed by atoms with Crippen molar-refractivity contribution in [3.05, 3.63) is 33.8 Å². The summed E-state index contributed by atoms with van der Waals surface area (Å²) in [7, 11) is 0. The first-order chi connectivity index (χ1) is 6.93. The molecule has 0 spiro atoms. The van der Waals surface area contributed by atoms with Gasteiger partial charge in [-0.25, -0.2) is 0 Å². The Hall–Kier alpha value is -0.530. The molecule has 1 nitrogen and oxygen atoms in total. The van der Waals surface area contributed by atoms with E-state index in [9.17, 15) is 4.79 Å². The van der Waals surface area contributed by atoms with Crippen molar-refractivity contribution in [3.63, 3.8) is 0 Å². The van der Waals surface area contributed by atoms with Crippen molar-refractivity contribution in [3.8, 4) is 0 Å². The molecule has 0 radical (unpaired) electrons. The molecule has 15 heavy (non-hydrogen) atoms. The van der Waals surface area contributed by atoms with Gasteiger partial charge in [-0.3, -0.25) is 4.79 Å². The van der Waals surface area contributed by atoms with E-state index >= 15 is 0 Å². The fourth-order valence-electron chi connectivity index (χ4n) is 2.03. The molecule has 1 aliphatic carbocycles. The van der Waals surface area contributed by atoms with Crippen molar-refractivity contribution < 1.29 is 4.79 Å². The topological polar surface area (TPSA) is 17.1 Å². The Bertz CT molecular complexity index is 424. The highest BCUT2D eigenvalue weighted by atomic mass is 35.5. The van der Waals surface area contributed by atoms with Gasteiger partial charge in [0.05, 0.1) is 10.0 Å². The second-order valence-corrected chi connectivity index (χ2v) is 5.39. The monoisotopic (exact) mass is 242 g/mol. The van der Waals surface area contributed by atoms with E-state index in [0.717, 1.165) is 5.56 Å². The van der Waals surface area contributed by atoms with Crippen LogP contribution < -0.4 is 0 Å². The molecule has 0 saturated heterocycles. The third kappa shape index (κ3) is 1.68.